The van der Waals surface area contributed by atoms with Crippen LogP contribution in [0.3, 0.4) is 0 Å². The summed E-state index contributed by atoms with van der Waals surface area (Å²) in [5.41, 5.74) is 3.52. The Morgan fingerprint density at radius 3 is 2.74 bits per heavy atom. The number of H-pyrrole nitrogens is 1. The fourth-order valence-electron chi connectivity index (χ4n) is 3.21. The summed E-state index contributed by atoms with van der Waals surface area (Å²) in [7, 11) is 0. The quantitative estimate of drug-likeness (QED) is 0.736. The molecule has 1 aliphatic rings. The lowest BCUT2D eigenvalue weighted by Gasteiger charge is -2.40. The summed E-state index contributed by atoms with van der Waals surface area (Å²) < 4.78 is 0. The molecule has 19 heavy (non-hydrogen) atoms. The zero-order valence-electron chi connectivity index (χ0n) is 10.7. The summed E-state index contributed by atoms with van der Waals surface area (Å²) in [6.07, 6.45) is 7.11. The molecule has 3 aromatic rings. The molecule has 2 aromatic heterocycles. The lowest BCUT2D eigenvalue weighted by Crippen LogP contribution is -2.37. The van der Waals surface area contributed by atoms with Gasteiger partial charge in [-0.1, -0.05) is 12.5 Å². The molecule has 2 N–H and O–H groups in total. The molecule has 3 nitrogen and oxygen atoms in total. The maximum Gasteiger partial charge on any atom is 0.0527 e. The van der Waals surface area contributed by atoms with Gasteiger partial charge in [-0.2, -0.15) is 0 Å². The highest BCUT2D eigenvalue weighted by Gasteiger charge is 2.38. The van der Waals surface area contributed by atoms with Crippen LogP contribution in [0.2, 0.25) is 0 Å². The van der Waals surface area contributed by atoms with Gasteiger partial charge in [0.1, 0.15) is 0 Å². The third kappa shape index (κ3) is 1.45. The molecule has 4 rings (SSSR count). The SMILES string of the molecule is OCC1(c2ccc3[nH]c4ccncc4c3c2)CCC1. The lowest BCUT2D eigenvalue weighted by atomic mass is 9.65. The van der Waals surface area contributed by atoms with Crippen molar-refractivity contribution >= 4 is 21.8 Å². The molecule has 96 valence electrons. The number of benzene rings is 1. The van der Waals surface area contributed by atoms with E-state index in [2.05, 4.69) is 28.2 Å². The van der Waals surface area contributed by atoms with Gasteiger partial charge in [-0.15, -0.1) is 0 Å². The summed E-state index contributed by atoms with van der Waals surface area (Å²) in [6.45, 7) is 0.249. The number of nitrogens with one attached hydrogen (secondary N) is 1. The van der Waals surface area contributed by atoms with Gasteiger partial charge in [0, 0.05) is 39.6 Å². The van der Waals surface area contributed by atoms with Crippen LogP contribution in [0.15, 0.2) is 36.7 Å². The first-order valence-electron chi connectivity index (χ1n) is 6.79. The molecule has 0 amide bonds. The highest BCUT2D eigenvalue weighted by atomic mass is 16.3. The molecule has 0 unspecified atom stereocenters. The maximum absolute atomic E-state index is 9.71. The Kier molecular flexibility index (Phi) is 2.21. The van der Waals surface area contributed by atoms with E-state index >= 15 is 0 Å². The van der Waals surface area contributed by atoms with Crippen molar-refractivity contribution in [1.29, 1.82) is 0 Å². The number of fused-ring (bicyclic) bond motifs is 3. The Hall–Kier alpha value is -1.87. The van der Waals surface area contributed by atoms with Crippen molar-refractivity contribution in [1.82, 2.24) is 9.97 Å². The fraction of sp³-hybridized carbons (Fsp3) is 0.312. The zero-order chi connectivity index (χ0) is 12.9. The number of aromatic nitrogens is 2. The molecule has 0 aliphatic heterocycles. The number of rotatable bonds is 2. The minimum absolute atomic E-state index is 0.00000768. The third-order valence-electron chi connectivity index (χ3n) is 4.63. The van der Waals surface area contributed by atoms with Crippen LogP contribution in [0.4, 0.5) is 0 Å². The molecule has 1 aliphatic carbocycles. The smallest absolute Gasteiger partial charge is 0.0527 e. The molecule has 0 radical (unpaired) electrons. The van der Waals surface area contributed by atoms with Crippen LogP contribution in [0.25, 0.3) is 21.8 Å². The maximum atomic E-state index is 9.71. The second-order valence-electron chi connectivity index (χ2n) is 5.60. The average molecular weight is 252 g/mol. The molecule has 0 bridgehead atoms. The van der Waals surface area contributed by atoms with Gasteiger partial charge in [0.25, 0.3) is 0 Å². The number of nitrogens with zero attached hydrogens (tertiary/aromatic N) is 1. The first-order chi connectivity index (χ1) is 9.32. The molecule has 3 heteroatoms. The second kappa shape index (κ2) is 3.81. The standard InChI is InChI=1S/C16H16N2O/c19-10-16(5-1-6-16)11-2-3-14-12(8-11)13-9-17-7-4-15(13)18-14/h2-4,7-9,18-19H,1,5-6,10H2. The van der Waals surface area contributed by atoms with Crippen LogP contribution in [0.1, 0.15) is 24.8 Å². The van der Waals surface area contributed by atoms with Crippen molar-refractivity contribution in [2.75, 3.05) is 6.61 Å². The predicted molar refractivity (Wildman–Crippen MR) is 76.2 cm³/mol. The fourth-order valence-corrected chi connectivity index (χ4v) is 3.21. The molecular weight excluding hydrogens is 236 g/mol. The van der Waals surface area contributed by atoms with Gasteiger partial charge in [-0.05, 0) is 36.6 Å². The van der Waals surface area contributed by atoms with Crippen molar-refractivity contribution in [2.45, 2.75) is 24.7 Å². The molecule has 0 atom stereocenters. The van der Waals surface area contributed by atoms with Crippen molar-refractivity contribution in [3.8, 4) is 0 Å². The molecule has 0 saturated heterocycles. The number of pyridine rings is 1. The van der Waals surface area contributed by atoms with Gasteiger partial charge in [0.2, 0.25) is 0 Å². The van der Waals surface area contributed by atoms with Crippen molar-refractivity contribution < 1.29 is 5.11 Å². The van der Waals surface area contributed by atoms with Gasteiger partial charge in [0.15, 0.2) is 0 Å². The van der Waals surface area contributed by atoms with Gasteiger partial charge in [0.05, 0.1) is 6.61 Å². The Balaban J connectivity index is 1.97. The largest absolute Gasteiger partial charge is 0.395 e. The molecule has 1 saturated carbocycles. The summed E-state index contributed by atoms with van der Waals surface area (Å²) in [5, 5.41) is 12.1. The summed E-state index contributed by atoms with van der Waals surface area (Å²) in [5.74, 6) is 0. The van der Waals surface area contributed by atoms with E-state index in [1.165, 1.54) is 17.4 Å². The van der Waals surface area contributed by atoms with Crippen LogP contribution in [0.5, 0.6) is 0 Å². The Morgan fingerprint density at radius 1 is 1.16 bits per heavy atom. The van der Waals surface area contributed by atoms with E-state index in [1.807, 2.05) is 12.3 Å². The molecule has 2 heterocycles. The van der Waals surface area contributed by atoms with Crippen LogP contribution >= 0.6 is 0 Å². The predicted octanol–water partition coefficient (Wildman–Crippen LogP) is 3.13. The van der Waals surface area contributed by atoms with E-state index < -0.39 is 0 Å². The van der Waals surface area contributed by atoms with E-state index in [1.54, 1.807) is 6.20 Å². The summed E-state index contributed by atoms with van der Waals surface area (Å²) >= 11 is 0. The van der Waals surface area contributed by atoms with Crippen molar-refractivity contribution in [3.05, 3.63) is 42.2 Å². The van der Waals surface area contributed by atoms with Crippen LogP contribution in [-0.2, 0) is 5.41 Å². The normalized spacial score (nSPS) is 17.7. The van der Waals surface area contributed by atoms with E-state index in [0.29, 0.717) is 0 Å². The lowest BCUT2D eigenvalue weighted by molar-refractivity contribution is 0.120. The first kappa shape index (κ1) is 11.0. The van der Waals surface area contributed by atoms with Gasteiger partial charge < -0.3 is 10.1 Å². The highest BCUT2D eigenvalue weighted by molar-refractivity contribution is 6.07. The minimum Gasteiger partial charge on any atom is -0.395 e. The Bertz CT molecular complexity index is 750. The number of aliphatic hydroxyl groups is 1. The zero-order valence-corrected chi connectivity index (χ0v) is 10.7. The van der Waals surface area contributed by atoms with Crippen LogP contribution in [-0.4, -0.2) is 21.7 Å². The van der Waals surface area contributed by atoms with Crippen LogP contribution < -0.4 is 0 Å². The molecular formula is C16H16N2O. The summed E-state index contributed by atoms with van der Waals surface area (Å²) in [6, 6.07) is 8.51. The number of hydrogen-bond donors (Lipinski definition) is 2. The third-order valence-corrected chi connectivity index (χ3v) is 4.63. The highest BCUT2D eigenvalue weighted by Crippen LogP contribution is 2.44. The van der Waals surface area contributed by atoms with Crippen LogP contribution in [0, 0.1) is 0 Å². The summed E-state index contributed by atoms with van der Waals surface area (Å²) in [4.78, 5) is 7.62. The Morgan fingerprint density at radius 2 is 2.00 bits per heavy atom. The average Bonchev–Trinajstić information content (AvgIpc) is 2.76. The topological polar surface area (TPSA) is 48.9 Å². The Labute approximate surface area is 111 Å². The number of aromatic amines is 1. The van der Waals surface area contributed by atoms with Crippen molar-refractivity contribution in [3.63, 3.8) is 0 Å². The van der Waals surface area contributed by atoms with E-state index in [0.717, 1.165) is 29.3 Å². The molecule has 1 fully saturated rings. The van der Waals surface area contributed by atoms with Gasteiger partial charge >= 0.3 is 0 Å². The number of aliphatic hydroxyl groups excluding tert-OH is 1. The molecule has 0 spiro atoms. The van der Waals surface area contributed by atoms with Gasteiger partial charge in [-0.25, -0.2) is 0 Å². The first-order valence-corrected chi connectivity index (χ1v) is 6.79. The van der Waals surface area contributed by atoms with Crippen molar-refractivity contribution in [2.24, 2.45) is 0 Å². The van der Waals surface area contributed by atoms with E-state index in [9.17, 15) is 5.11 Å². The second-order valence-corrected chi connectivity index (χ2v) is 5.60. The minimum atomic E-state index is -0.00000768. The monoisotopic (exact) mass is 252 g/mol. The number of hydrogen-bond acceptors (Lipinski definition) is 2. The van der Waals surface area contributed by atoms with Gasteiger partial charge in [-0.3, -0.25) is 4.98 Å². The van der Waals surface area contributed by atoms with E-state index in [-0.39, 0.29) is 12.0 Å². The van der Waals surface area contributed by atoms with E-state index in [4.69, 9.17) is 0 Å². The molecule has 1 aromatic carbocycles.